The fourth-order valence-corrected chi connectivity index (χ4v) is 6.55. The minimum atomic E-state index is -0.656. The molecule has 2 aromatic heterocycles. The largest absolute Gasteiger partial charge is 0.486 e. The van der Waals surface area contributed by atoms with Gasteiger partial charge < -0.3 is 19.7 Å². The van der Waals surface area contributed by atoms with Gasteiger partial charge in [0.2, 0.25) is 5.91 Å². The molecule has 3 fully saturated rings. The SMILES string of the molecule is CC(C)Oc1cnc2[nH]cc(C(C)C(=O)N3CC4CCC5(O)CC3CC4(C)C5)c2c1F. The van der Waals surface area contributed by atoms with Crippen LogP contribution in [0.3, 0.4) is 0 Å². The van der Waals surface area contributed by atoms with Crippen LogP contribution in [-0.4, -0.2) is 50.2 Å². The first-order valence-electron chi connectivity index (χ1n) is 11.5. The summed E-state index contributed by atoms with van der Waals surface area (Å²) in [5, 5.41) is 11.4. The van der Waals surface area contributed by atoms with E-state index in [4.69, 9.17) is 4.74 Å². The molecule has 1 aliphatic heterocycles. The van der Waals surface area contributed by atoms with E-state index in [0.29, 0.717) is 28.9 Å². The zero-order valence-corrected chi connectivity index (χ0v) is 18.7. The van der Waals surface area contributed by atoms with Crippen LogP contribution in [0.4, 0.5) is 4.39 Å². The number of piperidine rings is 1. The van der Waals surface area contributed by atoms with Crippen LogP contribution in [0.25, 0.3) is 11.0 Å². The lowest BCUT2D eigenvalue weighted by Crippen LogP contribution is -2.64. The molecule has 3 heterocycles. The third kappa shape index (κ3) is 3.23. The number of aliphatic hydroxyl groups is 1. The molecule has 0 radical (unpaired) electrons. The number of H-pyrrole nitrogens is 1. The van der Waals surface area contributed by atoms with Crippen molar-refractivity contribution in [1.82, 2.24) is 14.9 Å². The second-order valence-corrected chi connectivity index (χ2v) is 10.6. The van der Waals surface area contributed by atoms with Crippen molar-refractivity contribution >= 4 is 16.9 Å². The summed E-state index contributed by atoms with van der Waals surface area (Å²) in [5.41, 5.74) is 0.472. The number of nitrogens with zero attached hydrogens (tertiary/aromatic N) is 2. The molecule has 3 bridgehead atoms. The number of fused-ring (bicyclic) bond motifs is 3. The van der Waals surface area contributed by atoms with Crippen molar-refractivity contribution in [3.63, 3.8) is 0 Å². The number of amides is 1. The Morgan fingerprint density at radius 2 is 2.16 bits per heavy atom. The first kappa shape index (κ1) is 20.7. The highest BCUT2D eigenvalue weighted by atomic mass is 19.1. The number of halogens is 1. The number of carbonyl (C=O) groups excluding carboxylic acids is 1. The van der Waals surface area contributed by atoms with Crippen LogP contribution in [0.1, 0.15) is 71.3 Å². The number of carbonyl (C=O) groups is 1. The van der Waals surface area contributed by atoms with E-state index >= 15 is 4.39 Å². The highest BCUT2D eigenvalue weighted by molar-refractivity contribution is 5.91. The molecule has 7 heteroatoms. The van der Waals surface area contributed by atoms with Gasteiger partial charge in [-0.25, -0.2) is 9.37 Å². The second-order valence-electron chi connectivity index (χ2n) is 10.6. The molecule has 2 aromatic rings. The summed E-state index contributed by atoms with van der Waals surface area (Å²) < 4.78 is 20.8. The van der Waals surface area contributed by atoms with Crippen LogP contribution in [0.5, 0.6) is 5.75 Å². The van der Waals surface area contributed by atoms with Gasteiger partial charge in [0.25, 0.3) is 0 Å². The smallest absolute Gasteiger partial charge is 0.230 e. The molecule has 31 heavy (non-hydrogen) atoms. The Morgan fingerprint density at radius 3 is 2.90 bits per heavy atom. The maximum Gasteiger partial charge on any atom is 0.230 e. The topological polar surface area (TPSA) is 78.5 Å². The summed E-state index contributed by atoms with van der Waals surface area (Å²) in [5.74, 6) is -0.485. The van der Waals surface area contributed by atoms with Crippen molar-refractivity contribution < 1.29 is 19.0 Å². The van der Waals surface area contributed by atoms with Gasteiger partial charge in [-0.3, -0.25) is 4.79 Å². The van der Waals surface area contributed by atoms with Crippen LogP contribution in [-0.2, 0) is 4.79 Å². The number of pyridine rings is 1. The molecule has 2 saturated carbocycles. The maximum atomic E-state index is 15.3. The molecule has 0 aromatic carbocycles. The molecule has 2 N–H and O–H groups in total. The lowest BCUT2D eigenvalue weighted by atomic mass is 9.52. The summed E-state index contributed by atoms with van der Waals surface area (Å²) in [7, 11) is 0. The number of likely N-dealkylation sites (tertiary alicyclic amines) is 1. The van der Waals surface area contributed by atoms with Crippen molar-refractivity contribution in [2.45, 2.75) is 83.5 Å². The van der Waals surface area contributed by atoms with Gasteiger partial charge in [-0.05, 0) is 69.8 Å². The molecule has 0 spiro atoms. The zero-order chi connectivity index (χ0) is 22.1. The molecule has 1 amide bonds. The van der Waals surface area contributed by atoms with E-state index < -0.39 is 17.3 Å². The first-order valence-corrected chi connectivity index (χ1v) is 11.5. The first-order chi connectivity index (χ1) is 14.6. The maximum absolute atomic E-state index is 15.3. The summed E-state index contributed by atoms with van der Waals surface area (Å²) in [4.78, 5) is 22.9. The van der Waals surface area contributed by atoms with Gasteiger partial charge in [0, 0.05) is 18.8 Å². The Hall–Kier alpha value is -2.15. The van der Waals surface area contributed by atoms with Crippen molar-refractivity contribution in [3.8, 4) is 5.75 Å². The van der Waals surface area contributed by atoms with Crippen LogP contribution < -0.4 is 4.74 Å². The van der Waals surface area contributed by atoms with E-state index in [0.717, 1.165) is 32.2 Å². The van der Waals surface area contributed by atoms with E-state index in [1.54, 1.807) is 6.20 Å². The second kappa shape index (κ2) is 6.92. The minimum absolute atomic E-state index is 0.00122. The Labute approximate surface area is 182 Å². The van der Waals surface area contributed by atoms with Crippen molar-refractivity contribution in [2.75, 3.05) is 6.54 Å². The molecule has 5 atom stereocenters. The number of aromatic nitrogens is 2. The number of nitrogens with one attached hydrogen (secondary N) is 1. The lowest BCUT2D eigenvalue weighted by molar-refractivity contribution is -0.178. The number of hydrogen-bond acceptors (Lipinski definition) is 4. The van der Waals surface area contributed by atoms with Gasteiger partial charge in [-0.1, -0.05) is 6.92 Å². The Bertz CT molecular complexity index is 1030. The summed E-state index contributed by atoms with van der Waals surface area (Å²) in [6, 6.07) is 0.0447. The van der Waals surface area contributed by atoms with Crippen molar-refractivity contribution in [3.05, 3.63) is 23.8 Å². The highest BCUT2D eigenvalue weighted by Gasteiger charge is 2.57. The van der Waals surface area contributed by atoms with Gasteiger partial charge in [0.15, 0.2) is 11.6 Å². The summed E-state index contributed by atoms with van der Waals surface area (Å²) in [6.07, 6.45) is 7.12. The predicted octanol–water partition coefficient (Wildman–Crippen LogP) is 4.13. The quantitative estimate of drug-likeness (QED) is 0.766. The van der Waals surface area contributed by atoms with Crippen LogP contribution in [0.2, 0.25) is 0 Å². The average Bonchev–Trinajstić information content (AvgIpc) is 3.11. The van der Waals surface area contributed by atoms with Gasteiger partial charge in [-0.15, -0.1) is 0 Å². The third-order valence-corrected chi connectivity index (χ3v) is 7.97. The van der Waals surface area contributed by atoms with Crippen molar-refractivity contribution in [2.24, 2.45) is 11.3 Å². The van der Waals surface area contributed by atoms with E-state index in [9.17, 15) is 9.90 Å². The molecule has 5 rings (SSSR count). The van der Waals surface area contributed by atoms with Gasteiger partial charge in [0.05, 0.1) is 29.2 Å². The van der Waals surface area contributed by atoms with Crippen LogP contribution in [0, 0.1) is 17.2 Å². The molecular formula is C24H32FN3O3. The lowest BCUT2D eigenvalue weighted by Gasteiger charge is -2.61. The van der Waals surface area contributed by atoms with Crippen LogP contribution in [0.15, 0.2) is 12.4 Å². The van der Waals surface area contributed by atoms with Gasteiger partial charge >= 0.3 is 0 Å². The minimum Gasteiger partial charge on any atom is -0.486 e. The number of hydrogen-bond donors (Lipinski definition) is 2. The Kier molecular flexibility index (Phi) is 4.63. The molecule has 5 unspecified atom stereocenters. The highest BCUT2D eigenvalue weighted by Crippen LogP contribution is 2.58. The summed E-state index contributed by atoms with van der Waals surface area (Å²) >= 11 is 0. The number of aromatic amines is 1. The molecule has 3 aliphatic rings. The number of rotatable bonds is 4. The monoisotopic (exact) mass is 429 g/mol. The fraction of sp³-hybridized carbons (Fsp3) is 0.667. The standard InChI is InChI=1S/C24H32FN3O3/c1-13(2)31-18-10-27-21-19(20(18)25)17(9-26-21)14(3)22(29)28-11-15-5-6-24(30)8-16(28)7-23(15,4)12-24/h9-10,13-16,30H,5-8,11-12H2,1-4H3,(H,26,27). The third-order valence-electron chi connectivity index (χ3n) is 7.97. The van der Waals surface area contributed by atoms with E-state index in [2.05, 4.69) is 16.9 Å². The van der Waals surface area contributed by atoms with E-state index in [-0.39, 0.29) is 29.2 Å². The fourth-order valence-electron chi connectivity index (χ4n) is 6.55. The normalized spacial score (nSPS) is 33.2. The van der Waals surface area contributed by atoms with E-state index in [1.807, 2.05) is 25.7 Å². The molecule has 6 nitrogen and oxygen atoms in total. The van der Waals surface area contributed by atoms with Crippen LogP contribution >= 0.6 is 0 Å². The molecule has 1 saturated heterocycles. The Morgan fingerprint density at radius 1 is 1.39 bits per heavy atom. The zero-order valence-electron chi connectivity index (χ0n) is 18.7. The molecule has 168 valence electrons. The Balaban J connectivity index is 1.46. The summed E-state index contributed by atoms with van der Waals surface area (Å²) in [6.45, 7) is 8.51. The van der Waals surface area contributed by atoms with Gasteiger partial charge in [-0.2, -0.15) is 0 Å². The number of ether oxygens (including phenoxy) is 1. The van der Waals surface area contributed by atoms with Gasteiger partial charge in [0.1, 0.15) is 5.65 Å². The molecular weight excluding hydrogens is 397 g/mol. The average molecular weight is 430 g/mol. The van der Waals surface area contributed by atoms with E-state index in [1.165, 1.54) is 6.20 Å². The molecule has 2 aliphatic carbocycles. The van der Waals surface area contributed by atoms with Crippen molar-refractivity contribution in [1.29, 1.82) is 0 Å². The predicted molar refractivity (Wildman–Crippen MR) is 115 cm³/mol.